The highest BCUT2D eigenvalue weighted by molar-refractivity contribution is 6.40. The first-order valence-electron chi connectivity index (χ1n) is 7.31. The number of H-pyrrole nitrogens is 1. The summed E-state index contributed by atoms with van der Waals surface area (Å²) < 4.78 is 0.903. The van der Waals surface area contributed by atoms with E-state index in [4.69, 9.17) is 40.5 Å². The van der Waals surface area contributed by atoms with Gasteiger partial charge in [-0.2, -0.15) is 9.78 Å². The van der Waals surface area contributed by atoms with Crippen LogP contribution in [0, 0.1) is 0 Å². The zero-order valence-corrected chi connectivity index (χ0v) is 15.6. The minimum Gasteiger partial charge on any atom is -0.351 e. The lowest BCUT2D eigenvalue weighted by atomic mass is 10.2. The first kappa shape index (κ1) is 19.0. The lowest BCUT2D eigenvalue weighted by Gasteiger charge is -2.23. The molecule has 0 saturated heterocycles. The van der Waals surface area contributed by atoms with Gasteiger partial charge in [-0.05, 0) is 36.4 Å². The van der Waals surface area contributed by atoms with Crippen molar-refractivity contribution < 1.29 is 4.79 Å². The Morgan fingerprint density at radius 2 is 1.67 bits per heavy atom. The number of aromatic nitrogens is 3. The first-order chi connectivity index (χ1) is 12.8. The molecule has 3 rings (SSSR count). The summed E-state index contributed by atoms with van der Waals surface area (Å²) in [4.78, 5) is 38.3. The Hall–Kier alpha value is -2.81. The van der Waals surface area contributed by atoms with Gasteiger partial charge in [-0.3, -0.25) is 14.7 Å². The van der Waals surface area contributed by atoms with Crippen LogP contribution in [0.4, 0.5) is 16.2 Å². The number of aromatic amines is 1. The van der Waals surface area contributed by atoms with Crippen molar-refractivity contribution in [1.82, 2.24) is 14.8 Å². The molecule has 27 heavy (non-hydrogen) atoms. The Balaban J connectivity index is 2.16. The molecule has 0 spiro atoms. The summed E-state index contributed by atoms with van der Waals surface area (Å²) in [5.41, 5.74) is 4.78. The van der Waals surface area contributed by atoms with E-state index in [1.54, 1.807) is 24.3 Å². The molecule has 3 aromatic rings. The number of hydrogen-bond donors (Lipinski definition) is 2. The zero-order valence-electron chi connectivity index (χ0n) is 13.3. The second kappa shape index (κ2) is 7.43. The van der Waals surface area contributed by atoms with Gasteiger partial charge in [0.1, 0.15) is 6.20 Å². The summed E-state index contributed by atoms with van der Waals surface area (Å²) >= 11 is 18.5. The van der Waals surface area contributed by atoms with Crippen LogP contribution in [-0.2, 0) is 0 Å². The van der Waals surface area contributed by atoms with E-state index >= 15 is 0 Å². The van der Waals surface area contributed by atoms with Crippen LogP contribution < -0.4 is 21.9 Å². The highest BCUT2D eigenvalue weighted by atomic mass is 35.5. The third-order valence-electron chi connectivity index (χ3n) is 3.49. The van der Waals surface area contributed by atoms with E-state index in [0.29, 0.717) is 10.7 Å². The number of anilines is 2. The van der Waals surface area contributed by atoms with Crippen LogP contribution in [-0.4, -0.2) is 20.8 Å². The number of urea groups is 1. The molecule has 0 fully saturated rings. The van der Waals surface area contributed by atoms with Gasteiger partial charge in [-0.1, -0.05) is 34.8 Å². The smallest absolute Gasteiger partial charge is 0.349 e. The van der Waals surface area contributed by atoms with Gasteiger partial charge < -0.3 is 5.73 Å². The number of nitrogens with zero attached hydrogens (tertiary/aromatic N) is 3. The molecule has 2 aromatic carbocycles. The summed E-state index contributed by atoms with van der Waals surface area (Å²) in [7, 11) is 0. The Morgan fingerprint density at radius 3 is 2.19 bits per heavy atom. The normalized spacial score (nSPS) is 10.6. The van der Waals surface area contributed by atoms with Gasteiger partial charge in [-0.25, -0.2) is 9.59 Å². The number of nitrogens with one attached hydrogen (secondary N) is 1. The van der Waals surface area contributed by atoms with Crippen molar-refractivity contribution >= 4 is 52.2 Å². The maximum Gasteiger partial charge on any atom is 0.349 e. The monoisotopic (exact) mass is 425 g/mol. The van der Waals surface area contributed by atoms with Crippen LogP contribution in [0.1, 0.15) is 0 Å². The van der Waals surface area contributed by atoms with Crippen molar-refractivity contribution in [2.75, 3.05) is 4.90 Å². The molecule has 11 heteroatoms. The van der Waals surface area contributed by atoms with Crippen LogP contribution in [0.25, 0.3) is 5.69 Å². The van der Waals surface area contributed by atoms with Gasteiger partial charge in [0.25, 0.3) is 5.56 Å². The molecular weight excluding hydrogens is 417 g/mol. The topological polar surface area (TPSA) is 114 Å². The molecule has 3 N–H and O–H groups in total. The predicted octanol–water partition coefficient (Wildman–Crippen LogP) is 3.10. The van der Waals surface area contributed by atoms with Crippen LogP contribution in [0.3, 0.4) is 0 Å². The molecule has 0 aliphatic heterocycles. The molecule has 0 aliphatic carbocycles. The van der Waals surface area contributed by atoms with E-state index in [9.17, 15) is 14.4 Å². The lowest BCUT2D eigenvalue weighted by molar-refractivity contribution is 0.256. The zero-order chi connectivity index (χ0) is 19.7. The Bertz CT molecular complexity index is 1120. The Kier molecular flexibility index (Phi) is 5.22. The molecule has 0 aliphatic rings. The maximum atomic E-state index is 12.0. The van der Waals surface area contributed by atoms with E-state index in [0.717, 1.165) is 15.8 Å². The molecule has 0 radical (unpaired) electrons. The van der Waals surface area contributed by atoms with E-state index in [1.165, 1.54) is 12.1 Å². The van der Waals surface area contributed by atoms with Gasteiger partial charge >= 0.3 is 11.7 Å². The molecule has 1 heterocycles. The van der Waals surface area contributed by atoms with Crippen LogP contribution in [0.5, 0.6) is 0 Å². The van der Waals surface area contributed by atoms with E-state index in [-0.39, 0.29) is 21.4 Å². The third kappa shape index (κ3) is 3.82. The molecular formula is C16H10Cl3N5O3. The molecule has 1 aromatic heterocycles. The number of primary amides is 1. The minimum atomic E-state index is -0.826. The molecule has 0 saturated carbocycles. The van der Waals surface area contributed by atoms with Crippen molar-refractivity contribution in [2.24, 2.45) is 5.73 Å². The summed E-state index contributed by atoms with van der Waals surface area (Å²) in [5.74, 6) is 0. The molecule has 8 nitrogen and oxygen atoms in total. The second-order valence-corrected chi connectivity index (χ2v) is 6.51. The fraction of sp³-hybridized carbons (Fsp3) is 0. The summed E-state index contributed by atoms with van der Waals surface area (Å²) in [6.07, 6.45) is 0.931. The number of carbonyl (C=O) groups excluding carboxylic acids is 1. The van der Waals surface area contributed by atoms with Gasteiger partial charge in [0.15, 0.2) is 0 Å². The van der Waals surface area contributed by atoms with Crippen LogP contribution in [0.2, 0.25) is 15.1 Å². The largest absolute Gasteiger partial charge is 0.351 e. The highest BCUT2D eigenvalue weighted by Crippen LogP contribution is 2.39. The fourth-order valence-electron chi connectivity index (χ4n) is 2.38. The molecule has 138 valence electrons. The van der Waals surface area contributed by atoms with Crippen molar-refractivity contribution in [3.05, 3.63) is 78.5 Å². The number of amides is 2. The van der Waals surface area contributed by atoms with Gasteiger partial charge in [-0.15, -0.1) is 0 Å². The summed E-state index contributed by atoms with van der Waals surface area (Å²) in [6, 6.07) is 8.19. The third-order valence-corrected chi connectivity index (χ3v) is 4.32. The van der Waals surface area contributed by atoms with Crippen LogP contribution >= 0.6 is 34.8 Å². The number of nitrogens with two attached hydrogens (primary N) is 1. The van der Waals surface area contributed by atoms with E-state index in [1.807, 2.05) is 0 Å². The second-order valence-electron chi connectivity index (χ2n) is 5.26. The summed E-state index contributed by atoms with van der Waals surface area (Å²) in [6.45, 7) is 0. The molecule has 2 amide bonds. The lowest BCUT2D eigenvalue weighted by Crippen LogP contribution is -2.32. The highest BCUT2D eigenvalue weighted by Gasteiger charge is 2.22. The standard InChI is InChI=1S/C16H10Cl3N5O3/c17-8-1-3-9(4-2-8)23(15(20)26)14-11(18)5-10(6-12(14)19)24-16(27)22-13(25)7-21-24/h1-7H,(H2,20,26)(H,22,25,27). The van der Waals surface area contributed by atoms with E-state index < -0.39 is 17.3 Å². The van der Waals surface area contributed by atoms with Crippen molar-refractivity contribution in [3.63, 3.8) is 0 Å². The number of hydrogen-bond acceptors (Lipinski definition) is 4. The maximum absolute atomic E-state index is 12.0. The number of halogens is 3. The van der Waals surface area contributed by atoms with Crippen LogP contribution in [0.15, 0.2) is 52.2 Å². The quantitative estimate of drug-likeness (QED) is 0.669. The van der Waals surface area contributed by atoms with Crippen molar-refractivity contribution in [3.8, 4) is 5.69 Å². The summed E-state index contributed by atoms with van der Waals surface area (Å²) in [5, 5.41) is 4.27. The van der Waals surface area contributed by atoms with Gasteiger partial charge in [0.05, 0.1) is 27.1 Å². The molecule has 0 unspecified atom stereocenters. The minimum absolute atomic E-state index is 0.0335. The fourth-order valence-corrected chi connectivity index (χ4v) is 3.15. The van der Waals surface area contributed by atoms with Gasteiger partial charge in [0, 0.05) is 5.02 Å². The number of rotatable bonds is 3. The van der Waals surface area contributed by atoms with Crippen molar-refractivity contribution in [2.45, 2.75) is 0 Å². The first-order valence-corrected chi connectivity index (χ1v) is 8.44. The average molecular weight is 427 g/mol. The van der Waals surface area contributed by atoms with Crippen molar-refractivity contribution in [1.29, 1.82) is 0 Å². The SMILES string of the molecule is NC(=O)N(c1ccc(Cl)cc1)c1c(Cl)cc(-n2ncc(=O)[nH]c2=O)cc1Cl. The predicted molar refractivity (Wildman–Crippen MR) is 104 cm³/mol. The Labute approximate surface area is 166 Å². The molecule has 0 atom stereocenters. The average Bonchev–Trinajstić information content (AvgIpc) is 2.58. The molecule has 0 bridgehead atoms. The van der Waals surface area contributed by atoms with E-state index in [2.05, 4.69) is 10.1 Å². The number of benzene rings is 2. The van der Waals surface area contributed by atoms with Gasteiger partial charge in [0.2, 0.25) is 0 Å². The Morgan fingerprint density at radius 1 is 1.07 bits per heavy atom. The number of carbonyl (C=O) groups is 1.